The van der Waals surface area contributed by atoms with Gasteiger partial charge in [0.25, 0.3) is 0 Å². The lowest BCUT2D eigenvalue weighted by Gasteiger charge is -2.37. The Kier molecular flexibility index (Phi) is 7.06. The molecule has 1 aromatic rings. The zero-order valence-corrected chi connectivity index (χ0v) is 16.3. The van der Waals surface area contributed by atoms with Crippen LogP contribution in [0.3, 0.4) is 0 Å². The number of benzene rings is 1. The summed E-state index contributed by atoms with van der Waals surface area (Å²) >= 11 is 0. The predicted molar refractivity (Wildman–Crippen MR) is 106 cm³/mol. The van der Waals surface area contributed by atoms with E-state index in [0.29, 0.717) is 12.1 Å². The van der Waals surface area contributed by atoms with Gasteiger partial charge in [0.15, 0.2) is 0 Å². The number of nitrogens with one attached hydrogen (secondary N) is 2. The van der Waals surface area contributed by atoms with Gasteiger partial charge in [0, 0.05) is 38.3 Å². The van der Waals surface area contributed by atoms with Gasteiger partial charge in [0.1, 0.15) is 0 Å². The number of carbonyl (C=O) groups excluding carboxylic acids is 1. The van der Waals surface area contributed by atoms with Crippen molar-refractivity contribution in [2.45, 2.75) is 57.3 Å². The number of carbonyl (C=O) groups is 1. The van der Waals surface area contributed by atoms with E-state index in [1.807, 2.05) is 7.05 Å². The Balaban J connectivity index is 1.41. The average Bonchev–Trinajstić information content (AvgIpc) is 2.69. The van der Waals surface area contributed by atoms with Crippen molar-refractivity contribution in [1.82, 2.24) is 20.4 Å². The molecule has 1 amide bonds. The zero-order chi connectivity index (χ0) is 18.4. The smallest absolute Gasteiger partial charge is 0.237 e. The molecule has 2 fully saturated rings. The van der Waals surface area contributed by atoms with Crippen molar-refractivity contribution < 1.29 is 4.79 Å². The molecule has 2 saturated heterocycles. The van der Waals surface area contributed by atoms with Crippen LogP contribution in [0.5, 0.6) is 0 Å². The van der Waals surface area contributed by atoms with Crippen LogP contribution in [0.25, 0.3) is 0 Å². The Morgan fingerprint density at radius 1 is 1.12 bits per heavy atom. The number of amides is 1. The van der Waals surface area contributed by atoms with Gasteiger partial charge >= 0.3 is 0 Å². The standard InChI is InChI=1S/C21H34N4O/c1-17(25-12-6-9-20(16-25)22-2)21(26)23-19-10-13-24(14-11-19)15-18-7-4-3-5-8-18/h3-5,7-8,17,19-20,22H,6,9-16H2,1-2H3,(H,23,26). The molecule has 0 spiro atoms. The van der Waals surface area contributed by atoms with Gasteiger partial charge < -0.3 is 10.6 Å². The molecule has 2 heterocycles. The van der Waals surface area contributed by atoms with Gasteiger partial charge in [-0.25, -0.2) is 0 Å². The van der Waals surface area contributed by atoms with E-state index in [9.17, 15) is 4.79 Å². The summed E-state index contributed by atoms with van der Waals surface area (Å²) in [5, 5.41) is 6.66. The Morgan fingerprint density at radius 2 is 1.85 bits per heavy atom. The van der Waals surface area contributed by atoms with E-state index in [1.165, 1.54) is 18.4 Å². The maximum atomic E-state index is 12.7. The number of likely N-dealkylation sites (N-methyl/N-ethyl adjacent to an activating group) is 1. The first-order chi connectivity index (χ1) is 12.7. The van der Waals surface area contributed by atoms with Gasteiger partial charge in [0.2, 0.25) is 5.91 Å². The molecular weight excluding hydrogens is 324 g/mol. The van der Waals surface area contributed by atoms with Gasteiger partial charge in [-0.2, -0.15) is 0 Å². The minimum atomic E-state index is -0.0338. The molecule has 0 aliphatic carbocycles. The number of likely N-dealkylation sites (tertiary alicyclic amines) is 2. The molecule has 0 aromatic heterocycles. The second kappa shape index (κ2) is 9.49. The van der Waals surface area contributed by atoms with E-state index in [2.05, 4.69) is 57.7 Å². The Labute approximate surface area is 158 Å². The Bertz CT molecular complexity index is 556. The molecule has 0 radical (unpaired) electrons. The number of hydrogen-bond donors (Lipinski definition) is 2. The van der Waals surface area contributed by atoms with Gasteiger partial charge in [-0.05, 0) is 51.8 Å². The normalized spacial score (nSPS) is 24.3. The third-order valence-corrected chi connectivity index (χ3v) is 5.97. The van der Waals surface area contributed by atoms with Crippen molar-refractivity contribution in [3.8, 4) is 0 Å². The lowest BCUT2D eigenvalue weighted by molar-refractivity contribution is -0.127. The lowest BCUT2D eigenvalue weighted by Crippen LogP contribution is -2.55. The van der Waals surface area contributed by atoms with Crippen LogP contribution in [-0.4, -0.2) is 67.1 Å². The van der Waals surface area contributed by atoms with Gasteiger partial charge in [-0.1, -0.05) is 30.3 Å². The van der Waals surface area contributed by atoms with E-state index in [0.717, 1.165) is 45.6 Å². The Morgan fingerprint density at radius 3 is 2.54 bits per heavy atom. The fraction of sp³-hybridized carbons (Fsp3) is 0.667. The molecule has 5 heteroatoms. The monoisotopic (exact) mass is 358 g/mol. The topological polar surface area (TPSA) is 47.6 Å². The minimum Gasteiger partial charge on any atom is -0.352 e. The number of rotatable bonds is 6. The molecule has 1 aromatic carbocycles. The van der Waals surface area contributed by atoms with E-state index in [1.54, 1.807) is 0 Å². The number of piperidine rings is 2. The van der Waals surface area contributed by atoms with Crippen molar-refractivity contribution >= 4 is 5.91 Å². The minimum absolute atomic E-state index is 0.0338. The first kappa shape index (κ1) is 19.3. The van der Waals surface area contributed by atoms with E-state index >= 15 is 0 Å². The molecule has 0 bridgehead atoms. The summed E-state index contributed by atoms with van der Waals surface area (Å²) in [6.07, 6.45) is 4.47. The van der Waals surface area contributed by atoms with E-state index in [-0.39, 0.29) is 11.9 Å². The maximum Gasteiger partial charge on any atom is 0.237 e. The van der Waals surface area contributed by atoms with Crippen LogP contribution in [0.1, 0.15) is 38.2 Å². The summed E-state index contributed by atoms with van der Waals surface area (Å²) in [4.78, 5) is 17.5. The van der Waals surface area contributed by atoms with Crippen LogP contribution in [0, 0.1) is 0 Å². The van der Waals surface area contributed by atoms with Crippen molar-refractivity contribution in [3.05, 3.63) is 35.9 Å². The van der Waals surface area contributed by atoms with Crippen LogP contribution in [-0.2, 0) is 11.3 Å². The summed E-state index contributed by atoms with van der Waals surface area (Å²) in [6, 6.07) is 11.4. The fourth-order valence-electron chi connectivity index (χ4n) is 4.16. The fourth-order valence-corrected chi connectivity index (χ4v) is 4.16. The van der Waals surface area contributed by atoms with Crippen LogP contribution >= 0.6 is 0 Å². The quantitative estimate of drug-likeness (QED) is 0.815. The molecule has 26 heavy (non-hydrogen) atoms. The van der Waals surface area contributed by atoms with Gasteiger partial charge in [0.05, 0.1) is 6.04 Å². The highest BCUT2D eigenvalue weighted by Gasteiger charge is 2.28. The molecule has 2 aliphatic rings. The highest BCUT2D eigenvalue weighted by Crippen LogP contribution is 2.16. The number of nitrogens with zero attached hydrogens (tertiary/aromatic N) is 2. The first-order valence-electron chi connectivity index (χ1n) is 10.1. The average molecular weight is 359 g/mol. The summed E-state index contributed by atoms with van der Waals surface area (Å²) in [5.74, 6) is 0.197. The molecule has 2 aliphatic heterocycles. The highest BCUT2D eigenvalue weighted by atomic mass is 16.2. The van der Waals surface area contributed by atoms with Crippen molar-refractivity contribution in [2.24, 2.45) is 0 Å². The molecule has 3 rings (SSSR count). The third kappa shape index (κ3) is 5.29. The Hall–Kier alpha value is -1.43. The zero-order valence-electron chi connectivity index (χ0n) is 16.3. The molecular formula is C21H34N4O. The maximum absolute atomic E-state index is 12.7. The van der Waals surface area contributed by atoms with Crippen LogP contribution in [0.15, 0.2) is 30.3 Å². The van der Waals surface area contributed by atoms with Crippen molar-refractivity contribution in [3.63, 3.8) is 0 Å². The second-order valence-electron chi connectivity index (χ2n) is 7.84. The van der Waals surface area contributed by atoms with Crippen LogP contribution < -0.4 is 10.6 Å². The SMILES string of the molecule is CNC1CCCN(C(C)C(=O)NC2CCN(Cc3ccccc3)CC2)C1. The summed E-state index contributed by atoms with van der Waals surface area (Å²) in [5.41, 5.74) is 1.37. The second-order valence-corrected chi connectivity index (χ2v) is 7.84. The summed E-state index contributed by atoms with van der Waals surface area (Å²) < 4.78 is 0. The van der Waals surface area contributed by atoms with Crippen molar-refractivity contribution in [1.29, 1.82) is 0 Å². The largest absolute Gasteiger partial charge is 0.352 e. The summed E-state index contributed by atoms with van der Waals surface area (Å²) in [7, 11) is 2.02. The molecule has 144 valence electrons. The van der Waals surface area contributed by atoms with Crippen LogP contribution in [0.2, 0.25) is 0 Å². The first-order valence-corrected chi connectivity index (χ1v) is 10.1. The summed E-state index contributed by atoms with van der Waals surface area (Å²) in [6.45, 7) is 7.18. The molecule has 2 unspecified atom stereocenters. The highest BCUT2D eigenvalue weighted by molar-refractivity contribution is 5.81. The van der Waals surface area contributed by atoms with Crippen molar-refractivity contribution in [2.75, 3.05) is 33.2 Å². The lowest BCUT2D eigenvalue weighted by atomic mass is 10.0. The third-order valence-electron chi connectivity index (χ3n) is 5.97. The molecule has 2 atom stereocenters. The van der Waals surface area contributed by atoms with E-state index in [4.69, 9.17) is 0 Å². The predicted octanol–water partition coefficient (Wildman–Crippen LogP) is 1.84. The molecule has 5 nitrogen and oxygen atoms in total. The molecule has 0 saturated carbocycles. The van der Waals surface area contributed by atoms with Gasteiger partial charge in [-0.3, -0.25) is 14.6 Å². The van der Waals surface area contributed by atoms with E-state index < -0.39 is 0 Å². The molecule has 2 N–H and O–H groups in total. The van der Waals surface area contributed by atoms with Crippen LogP contribution in [0.4, 0.5) is 0 Å². The van der Waals surface area contributed by atoms with Gasteiger partial charge in [-0.15, -0.1) is 0 Å². The number of hydrogen-bond acceptors (Lipinski definition) is 4.